The van der Waals surface area contributed by atoms with Crippen molar-refractivity contribution in [1.29, 1.82) is 0 Å². The molecule has 1 N–H and O–H groups in total. The highest BCUT2D eigenvalue weighted by Gasteiger charge is 2.03. The summed E-state index contributed by atoms with van der Waals surface area (Å²) in [7, 11) is 0. The van der Waals surface area contributed by atoms with Gasteiger partial charge in [-0.25, -0.2) is 0 Å². The molecule has 0 aromatic carbocycles. The Bertz CT molecular complexity index is 309. The summed E-state index contributed by atoms with van der Waals surface area (Å²) in [6.07, 6.45) is 4.30. The second-order valence-electron chi connectivity index (χ2n) is 4.74. The van der Waals surface area contributed by atoms with Gasteiger partial charge in [-0.05, 0) is 25.5 Å². The minimum atomic E-state index is 0.265. The van der Waals surface area contributed by atoms with E-state index >= 15 is 0 Å². The number of ether oxygens (including phenoxy) is 1. The van der Waals surface area contributed by atoms with Gasteiger partial charge in [0.2, 0.25) is 0 Å². The van der Waals surface area contributed by atoms with Gasteiger partial charge in [-0.15, -0.1) is 0 Å². The van der Waals surface area contributed by atoms with E-state index in [0.717, 1.165) is 30.8 Å². The average molecular weight is 236 g/mol. The zero-order chi connectivity index (χ0) is 12.7. The first-order valence-corrected chi connectivity index (χ1v) is 6.46. The molecule has 3 nitrogen and oxygen atoms in total. The van der Waals surface area contributed by atoms with Crippen LogP contribution in [0.3, 0.4) is 0 Å². The van der Waals surface area contributed by atoms with E-state index in [1.807, 2.05) is 18.3 Å². The normalized spacial score (nSPS) is 12.8. The third-order valence-electron chi connectivity index (χ3n) is 2.52. The molecule has 0 fully saturated rings. The lowest BCUT2D eigenvalue weighted by atomic mass is 10.2. The van der Waals surface area contributed by atoms with Crippen molar-refractivity contribution >= 4 is 0 Å². The summed E-state index contributed by atoms with van der Waals surface area (Å²) < 4.78 is 5.75. The van der Waals surface area contributed by atoms with Crippen molar-refractivity contribution in [2.24, 2.45) is 0 Å². The predicted molar refractivity (Wildman–Crippen MR) is 71.2 cm³/mol. The van der Waals surface area contributed by atoms with Crippen LogP contribution in [0.1, 0.15) is 46.2 Å². The minimum Gasteiger partial charge on any atom is -0.489 e. The Morgan fingerprint density at radius 2 is 2.06 bits per heavy atom. The van der Waals surface area contributed by atoms with Crippen LogP contribution in [0.4, 0.5) is 0 Å². The molecule has 0 spiro atoms. The molecule has 3 heteroatoms. The highest BCUT2D eigenvalue weighted by molar-refractivity contribution is 5.20. The summed E-state index contributed by atoms with van der Waals surface area (Å²) in [5.41, 5.74) is 1.05. The Morgan fingerprint density at radius 1 is 1.29 bits per heavy atom. The molecule has 0 aliphatic carbocycles. The minimum absolute atomic E-state index is 0.265. The van der Waals surface area contributed by atoms with E-state index in [1.165, 1.54) is 0 Å². The van der Waals surface area contributed by atoms with E-state index in [1.54, 1.807) is 0 Å². The Hall–Kier alpha value is -1.09. The topological polar surface area (TPSA) is 34.1 Å². The second kappa shape index (κ2) is 7.28. The van der Waals surface area contributed by atoms with Crippen LogP contribution in [0.25, 0.3) is 0 Å². The summed E-state index contributed by atoms with van der Waals surface area (Å²) in [5, 5.41) is 3.34. The van der Waals surface area contributed by atoms with Gasteiger partial charge in [0.15, 0.2) is 0 Å². The molecule has 0 aliphatic heterocycles. The van der Waals surface area contributed by atoms with E-state index in [-0.39, 0.29) is 6.10 Å². The Balaban J connectivity index is 2.44. The van der Waals surface area contributed by atoms with E-state index in [9.17, 15) is 0 Å². The van der Waals surface area contributed by atoms with Gasteiger partial charge in [-0.3, -0.25) is 4.98 Å². The third kappa shape index (κ3) is 5.68. The number of pyridine rings is 1. The predicted octanol–water partition coefficient (Wildman–Crippen LogP) is 3.15. The molecule has 0 bridgehead atoms. The molecule has 17 heavy (non-hydrogen) atoms. The van der Waals surface area contributed by atoms with Gasteiger partial charge in [0, 0.05) is 12.6 Å². The van der Waals surface area contributed by atoms with Crippen LogP contribution in [0, 0.1) is 0 Å². The van der Waals surface area contributed by atoms with E-state index in [0.29, 0.717) is 6.04 Å². The lowest BCUT2D eigenvalue weighted by Crippen LogP contribution is -2.22. The smallest absolute Gasteiger partial charge is 0.138 e. The van der Waals surface area contributed by atoms with Crippen LogP contribution in [-0.4, -0.2) is 17.1 Å². The van der Waals surface area contributed by atoms with Crippen molar-refractivity contribution in [2.45, 2.75) is 59.2 Å². The average Bonchev–Trinajstić information content (AvgIpc) is 2.28. The van der Waals surface area contributed by atoms with Crippen molar-refractivity contribution < 1.29 is 4.74 Å². The molecule has 1 heterocycles. The summed E-state index contributed by atoms with van der Waals surface area (Å²) >= 11 is 0. The van der Waals surface area contributed by atoms with Gasteiger partial charge in [-0.2, -0.15) is 0 Å². The lowest BCUT2D eigenvalue weighted by molar-refractivity contribution is 0.209. The number of aromatic nitrogens is 1. The molecule has 0 amide bonds. The monoisotopic (exact) mass is 236 g/mol. The van der Waals surface area contributed by atoms with Crippen LogP contribution in [0.2, 0.25) is 0 Å². The molecule has 1 unspecified atom stereocenters. The molecule has 0 aliphatic rings. The Labute approximate surface area is 105 Å². The van der Waals surface area contributed by atoms with Crippen molar-refractivity contribution in [3.63, 3.8) is 0 Å². The fourth-order valence-electron chi connectivity index (χ4n) is 1.59. The van der Waals surface area contributed by atoms with Gasteiger partial charge in [0.1, 0.15) is 5.75 Å². The molecular formula is C14H24N2O. The lowest BCUT2D eigenvalue weighted by Gasteiger charge is -2.13. The largest absolute Gasteiger partial charge is 0.489 e. The third-order valence-corrected chi connectivity index (χ3v) is 2.52. The van der Waals surface area contributed by atoms with Gasteiger partial charge in [0.25, 0.3) is 0 Å². The Kier molecular flexibility index (Phi) is 5.98. The maximum atomic E-state index is 5.75. The molecule has 1 aromatic rings. The van der Waals surface area contributed by atoms with Crippen molar-refractivity contribution in [1.82, 2.24) is 10.3 Å². The first-order valence-electron chi connectivity index (χ1n) is 6.46. The molecule has 1 aromatic heterocycles. The van der Waals surface area contributed by atoms with Gasteiger partial charge in [-0.1, -0.05) is 27.2 Å². The van der Waals surface area contributed by atoms with Crippen LogP contribution >= 0.6 is 0 Å². The number of nitrogens with zero attached hydrogens (tertiary/aromatic N) is 1. The van der Waals surface area contributed by atoms with Crippen LogP contribution < -0.4 is 10.1 Å². The molecule has 0 saturated carbocycles. The van der Waals surface area contributed by atoms with Gasteiger partial charge < -0.3 is 10.1 Å². The highest BCUT2D eigenvalue weighted by Crippen LogP contribution is 2.13. The van der Waals surface area contributed by atoms with Crippen molar-refractivity contribution in [3.05, 3.63) is 24.0 Å². The quantitative estimate of drug-likeness (QED) is 0.789. The zero-order valence-electron chi connectivity index (χ0n) is 11.4. The molecule has 1 atom stereocenters. The van der Waals surface area contributed by atoms with Gasteiger partial charge >= 0.3 is 0 Å². The van der Waals surface area contributed by atoms with Crippen molar-refractivity contribution in [3.8, 4) is 5.75 Å². The first-order chi connectivity index (χ1) is 8.11. The summed E-state index contributed by atoms with van der Waals surface area (Å²) in [4.78, 5) is 4.38. The zero-order valence-corrected chi connectivity index (χ0v) is 11.4. The van der Waals surface area contributed by atoms with Crippen molar-refractivity contribution in [2.75, 3.05) is 0 Å². The van der Waals surface area contributed by atoms with E-state index in [4.69, 9.17) is 4.74 Å². The number of hydrogen-bond acceptors (Lipinski definition) is 3. The number of rotatable bonds is 7. The molecule has 96 valence electrons. The number of hydrogen-bond donors (Lipinski definition) is 1. The molecular weight excluding hydrogens is 212 g/mol. The number of nitrogens with one attached hydrogen (secondary N) is 1. The van der Waals surface area contributed by atoms with Crippen LogP contribution in [0.5, 0.6) is 5.75 Å². The van der Waals surface area contributed by atoms with E-state index < -0.39 is 0 Å². The second-order valence-corrected chi connectivity index (χ2v) is 4.74. The summed E-state index contributed by atoms with van der Waals surface area (Å²) in [6, 6.07) is 4.50. The SMILES string of the molecule is CCCC(C)Oc1ccc(CNC(C)C)nc1. The standard InChI is InChI=1S/C14H24N2O/c1-5-6-12(4)17-14-8-7-13(16-10-14)9-15-11(2)3/h7-8,10-12,15H,5-6,9H2,1-4H3. The molecule has 1 rings (SSSR count). The van der Waals surface area contributed by atoms with Gasteiger partial charge in [0.05, 0.1) is 18.0 Å². The van der Waals surface area contributed by atoms with Crippen LogP contribution in [0.15, 0.2) is 18.3 Å². The molecule has 0 saturated heterocycles. The maximum absolute atomic E-state index is 5.75. The molecule has 0 radical (unpaired) electrons. The summed E-state index contributed by atoms with van der Waals surface area (Å²) in [6.45, 7) is 9.33. The van der Waals surface area contributed by atoms with E-state index in [2.05, 4.69) is 38.0 Å². The maximum Gasteiger partial charge on any atom is 0.138 e. The fourth-order valence-corrected chi connectivity index (χ4v) is 1.59. The van der Waals surface area contributed by atoms with Crippen LogP contribution in [-0.2, 0) is 6.54 Å². The highest BCUT2D eigenvalue weighted by atomic mass is 16.5. The first kappa shape index (κ1) is 14.0. The fraction of sp³-hybridized carbons (Fsp3) is 0.643. The Morgan fingerprint density at radius 3 is 2.59 bits per heavy atom. The summed E-state index contributed by atoms with van der Waals surface area (Å²) in [5.74, 6) is 0.860.